The fraction of sp³-hybridized carbons (Fsp3) is 0.400. The number of nitrogens with one attached hydrogen (secondary N) is 1. The van der Waals surface area contributed by atoms with Crippen LogP contribution in [0, 0.1) is 0 Å². The van der Waals surface area contributed by atoms with E-state index >= 15 is 0 Å². The normalized spacial score (nSPS) is 19.5. The summed E-state index contributed by atoms with van der Waals surface area (Å²) in [6.45, 7) is 9.95. The Balaban J connectivity index is 2.02. The maximum absolute atomic E-state index is 12.5. The van der Waals surface area contributed by atoms with Crippen LogP contribution in [0.5, 0.6) is 0 Å². The van der Waals surface area contributed by atoms with Crippen LogP contribution in [-0.4, -0.2) is 49.7 Å². The summed E-state index contributed by atoms with van der Waals surface area (Å²) >= 11 is 6.59. The minimum absolute atomic E-state index is 0.0787. The smallest absolute Gasteiger partial charge is 0.266 e. The number of thioether (sulfide) groups is 1. The first-order valence-corrected chi connectivity index (χ1v) is 12.6. The molecule has 0 aliphatic carbocycles. The number of hydrogen-bond acceptors (Lipinski definition) is 7. The molecule has 1 N–H and O–H groups in total. The zero-order valence-electron chi connectivity index (χ0n) is 17.5. The van der Waals surface area contributed by atoms with Gasteiger partial charge >= 0.3 is 0 Å². The molecule has 10 heteroatoms. The second-order valence-electron chi connectivity index (χ2n) is 6.61. The van der Waals surface area contributed by atoms with Crippen LogP contribution in [0.3, 0.4) is 0 Å². The summed E-state index contributed by atoms with van der Waals surface area (Å²) in [7, 11) is -3.55. The molecule has 0 radical (unpaired) electrons. The Hall–Kier alpha value is -1.88. The lowest BCUT2D eigenvalue weighted by molar-refractivity contribution is -0.122. The molecule has 3 rings (SSSR count). The summed E-state index contributed by atoms with van der Waals surface area (Å²) in [5, 5.41) is 0. The fourth-order valence-electron chi connectivity index (χ4n) is 3.56. The van der Waals surface area contributed by atoms with Crippen LogP contribution in [0.4, 0.5) is 11.4 Å². The molecule has 2 aliphatic heterocycles. The largest absolute Gasteiger partial charge is 0.326 e. The van der Waals surface area contributed by atoms with Crippen LogP contribution in [0.15, 0.2) is 46.0 Å². The number of benzene rings is 1. The standard InChI is InChI=1S/C20H26N4O3S3/c1-5-21-30(26,27)14-9-10-15-16(13-14)23(7-3)18(22(15)6-2)12-11-17-19(25)24(8-4)20(28)29-17/h9-13,21H,5-8H2,1-4H3/b17-11+,18-12+. The first-order valence-electron chi connectivity index (χ1n) is 9.93. The van der Waals surface area contributed by atoms with Crippen molar-refractivity contribution in [2.24, 2.45) is 0 Å². The molecule has 7 nitrogen and oxygen atoms in total. The summed E-state index contributed by atoms with van der Waals surface area (Å²) in [5.74, 6) is 0.819. The molecule has 0 bridgehead atoms. The Morgan fingerprint density at radius 2 is 1.63 bits per heavy atom. The van der Waals surface area contributed by atoms with Crippen LogP contribution in [0.25, 0.3) is 0 Å². The molecule has 0 spiro atoms. The highest BCUT2D eigenvalue weighted by molar-refractivity contribution is 8.26. The Morgan fingerprint density at radius 1 is 1.00 bits per heavy atom. The minimum Gasteiger partial charge on any atom is -0.326 e. The van der Waals surface area contributed by atoms with E-state index in [0.717, 1.165) is 17.2 Å². The van der Waals surface area contributed by atoms with Gasteiger partial charge in [0.15, 0.2) is 0 Å². The number of carbonyl (C=O) groups excluding carboxylic acids is 1. The molecule has 2 heterocycles. The highest BCUT2D eigenvalue weighted by atomic mass is 32.2. The van der Waals surface area contributed by atoms with Crippen LogP contribution in [0.2, 0.25) is 0 Å². The molecule has 1 amide bonds. The van der Waals surface area contributed by atoms with E-state index in [9.17, 15) is 13.2 Å². The van der Waals surface area contributed by atoms with Gasteiger partial charge in [-0.1, -0.05) is 30.9 Å². The van der Waals surface area contributed by atoms with Gasteiger partial charge in [-0.05, 0) is 51.1 Å². The number of anilines is 2. The zero-order valence-corrected chi connectivity index (χ0v) is 20.0. The van der Waals surface area contributed by atoms with E-state index < -0.39 is 10.0 Å². The number of carbonyl (C=O) groups is 1. The number of likely N-dealkylation sites (N-methyl/N-ethyl adjacent to an activating group) is 1. The lowest BCUT2D eigenvalue weighted by Crippen LogP contribution is -2.28. The third kappa shape index (κ3) is 4.01. The van der Waals surface area contributed by atoms with Gasteiger partial charge in [0.2, 0.25) is 10.0 Å². The predicted molar refractivity (Wildman–Crippen MR) is 127 cm³/mol. The first kappa shape index (κ1) is 22.8. The van der Waals surface area contributed by atoms with E-state index in [1.807, 2.05) is 32.9 Å². The Labute approximate surface area is 187 Å². The summed E-state index contributed by atoms with van der Waals surface area (Å²) < 4.78 is 28.0. The third-order valence-corrected chi connectivity index (χ3v) is 7.87. The number of thiocarbonyl (C=S) groups is 1. The number of rotatable bonds is 7. The number of sulfonamides is 1. The molecule has 1 aromatic rings. The fourth-order valence-corrected chi connectivity index (χ4v) is 5.95. The van der Waals surface area contributed by atoms with Gasteiger partial charge in [-0.15, -0.1) is 0 Å². The SMILES string of the molecule is CCNS(=O)(=O)c1ccc2c(c1)N(CC)/C(=C/C=C1/SC(=S)N(CC)C1=O)N2CC. The van der Waals surface area contributed by atoms with E-state index in [0.29, 0.717) is 35.4 Å². The molecule has 1 fully saturated rings. The van der Waals surface area contributed by atoms with Crippen LogP contribution < -0.4 is 14.5 Å². The van der Waals surface area contributed by atoms with Gasteiger partial charge in [-0.2, -0.15) is 0 Å². The molecule has 30 heavy (non-hydrogen) atoms. The van der Waals surface area contributed by atoms with Crippen molar-refractivity contribution < 1.29 is 13.2 Å². The van der Waals surface area contributed by atoms with E-state index in [4.69, 9.17) is 12.2 Å². The van der Waals surface area contributed by atoms with Gasteiger partial charge < -0.3 is 9.80 Å². The topological polar surface area (TPSA) is 73.0 Å². The molecule has 2 aliphatic rings. The third-order valence-electron chi connectivity index (χ3n) is 4.93. The monoisotopic (exact) mass is 466 g/mol. The summed E-state index contributed by atoms with van der Waals surface area (Å²) in [5.41, 5.74) is 1.77. The number of amides is 1. The number of allylic oxidation sites excluding steroid dienone is 2. The zero-order chi connectivity index (χ0) is 22.1. The molecular formula is C20H26N4O3S3. The predicted octanol–water partition coefficient (Wildman–Crippen LogP) is 3.26. The van der Waals surface area contributed by atoms with Crippen molar-refractivity contribution in [2.45, 2.75) is 32.6 Å². The molecule has 0 aromatic heterocycles. The van der Waals surface area contributed by atoms with E-state index in [1.165, 1.54) is 11.8 Å². The molecule has 0 unspecified atom stereocenters. The Morgan fingerprint density at radius 3 is 2.20 bits per heavy atom. The van der Waals surface area contributed by atoms with E-state index in [2.05, 4.69) is 14.5 Å². The van der Waals surface area contributed by atoms with Crippen molar-refractivity contribution in [2.75, 3.05) is 36.0 Å². The maximum atomic E-state index is 12.5. The Kier molecular flexibility index (Phi) is 6.91. The van der Waals surface area contributed by atoms with E-state index in [-0.39, 0.29) is 10.8 Å². The Bertz CT molecular complexity index is 1030. The molecule has 1 saturated heterocycles. The molecule has 0 saturated carbocycles. The number of hydrogen-bond donors (Lipinski definition) is 1. The summed E-state index contributed by atoms with van der Waals surface area (Å²) in [6.07, 6.45) is 3.71. The highest BCUT2D eigenvalue weighted by Crippen LogP contribution is 2.43. The van der Waals surface area contributed by atoms with Crippen molar-refractivity contribution in [3.8, 4) is 0 Å². The van der Waals surface area contributed by atoms with Gasteiger partial charge in [-0.25, -0.2) is 13.1 Å². The minimum atomic E-state index is -3.55. The van der Waals surface area contributed by atoms with Gasteiger partial charge in [0.25, 0.3) is 5.91 Å². The molecular weight excluding hydrogens is 440 g/mol. The van der Waals surface area contributed by atoms with Crippen molar-refractivity contribution in [3.05, 3.63) is 41.1 Å². The van der Waals surface area contributed by atoms with Gasteiger partial charge in [0.1, 0.15) is 10.1 Å². The second kappa shape index (κ2) is 9.09. The maximum Gasteiger partial charge on any atom is 0.266 e. The van der Waals surface area contributed by atoms with Crippen molar-refractivity contribution in [1.82, 2.24) is 9.62 Å². The van der Waals surface area contributed by atoms with Crippen molar-refractivity contribution in [3.63, 3.8) is 0 Å². The average molecular weight is 467 g/mol. The van der Waals surface area contributed by atoms with E-state index in [1.54, 1.807) is 30.0 Å². The quantitative estimate of drug-likeness (QED) is 0.488. The highest BCUT2D eigenvalue weighted by Gasteiger charge is 2.33. The van der Waals surface area contributed by atoms with Gasteiger partial charge in [0.05, 0.1) is 21.2 Å². The number of fused-ring (bicyclic) bond motifs is 1. The summed E-state index contributed by atoms with van der Waals surface area (Å²) in [6, 6.07) is 5.17. The average Bonchev–Trinajstić information content (AvgIpc) is 3.17. The number of nitrogens with zero attached hydrogens (tertiary/aromatic N) is 3. The molecule has 1 aromatic carbocycles. The second-order valence-corrected chi connectivity index (χ2v) is 10.1. The summed E-state index contributed by atoms with van der Waals surface area (Å²) in [4.78, 5) is 19.1. The van der Waals surface area contributed by atoms with Gasteiger partial charge in [-0.3, -0.25) is 9.69 Å². The van der Waals surface area contributed by atoms with Crippen LogP contribution >= 0.6 is 24.0 Å². The lowest BCUT2D eigenvalue weighted by Gasteiger charge is -2.23. The van der Waals surface area contributed by atoms with Crippen molar-refractivity contribution >= 4 is 55.6 Å². The van der Waals surface area contributed by atoms with Gasteiger partial charge in [0, 0.05) is 26.2 Å². The van der Waals surface area contributed by atoms with Crippen molar-refractivity contribution in [1.29, 1.82) is 0 Å². The molecule has 0 atom stereocenters. The van der Waals surface area contributed by atoms with Crippen LogP contribution in [-0.2, 0) is 14.8 Å². The molecule has 162 valence electrons. The lowest BCUT2D eigenvalue weighted by atomic mass is 10.2. The first-order chi connectivity index (χ1) is 14.3. The van der Waals surface area contributed by atoms with Crippen LogP contribution in [0.1, 0.15) is 27.7 Å².